The maximum atomic E-state index is 12.3. The fourth-order valence-corrected chi connectivity index (χ4v) is 1.54. The molecule has 2 atom stereocenters. The quantitative estimate of drug-likeness (QED) is 0.834. The van der Waals surface area contributed by atoms with Gasteiger partial charge in [0.2, 0.25) is 5.37 Å². The van der Waals surface area contributed by atoms with Gasteiger partial charge in [0.05, 0.1) is 0 Å². The zero-order valence-electron chi connectivity index (χ0n) is 9.39. The van der Waals surface area contributed by atoms with Crippen LogP contribution in [0.2, 0.25) is 0 Å². The Bertz CT molecular complexity index is 452. The largest absolute Gasteiger partial charge is 0.445 e. The number of hydrogen-bond acceptors (Lipinski definition) is 3. The molecule has 0 heterocycles. The fourth-order valence-electron chi connectivity index (χ4n) is 1.12. The van der Waals surface area contributed by atoms with Crippen LogP contribution in [0.4, 0.5) is 18.0 Å². The lowest BCUT2D eigenvalue weighted by molar-refractivity contribution is -0.135. The molecule has 1 amide bonds. The van der Waals surface area contributed by atoms with Gasteiger partial charge in [-0.25, -0.2) is 9.00 Å². The average molecular weight is 297 g/mol. The van der Waals surface area contributed by atoms with Crippen LogP contribution in [0.1, 0.15) is 5.56 Å². The Balaban J connectivity index is 2.52. The number of amides is 1. The first-order chi connectivity index (χ1) is 8.80. The van der Waals surface area contributed by atoms with Gasteiger partial charge in [-0.15, -0.1) is 0 Å². The van der Waals surface area contributed by atoms with Gasteiger partial charge in [-0.1, -0.05) is 30.3 Å². The molecule has 2 N–H and O–H groups in total. The van der Waals surface area contributed by atoms with Gasteiger partial charge < -0.3 is 9.29 Å². The van der Waals surface area contributed by atoms with Gasteiger partial charge in [-0.3, -0.25) is 5.32 Å². The van der Waals surface area contributed by atoms with E-state index in [1.54, 1.807) is 30.3 Å². The monoisotopic (exact) mass is 297 g/mol. The summed E-state index contributed by atoms with van der Waals surface area (Å²) in [5.74, 6) is 0. The molecule has 0 aliphatic carbocycles. The van der Waals surface area contributed by atoms with Crippen LogP contribution in [0.15, 0.2) is 30.3 Å². The molecule has 1 aromatic rings. The number of alkyl carbamates (subject to hydrolysis) is 1. The first kappa shape index (κ1) is 15.4. The molecule has 19 heavy (non-hydrogen) atoms. The van der Waals surface area contributed by atoms with Crippen LogP contribution in [0.25, 0.3) is 0 Å². The van der Waals surface area contributed by atoms with Crippen molar-refractivity contribution in [1.82, 2.24) is 5.32 Å². The van der Waals surface area contributed by atoms with Crippen molar-refractivity contribution in [3.63, 3.8) is 0 Å². The summed E-state index contributed by atoms with van der Waals surface area (Å²) >= 11 is -3.28. The fraction of sp³-hybridized carbons (Fsp3) is 0.300. The number of hydrogen-bond donors (Lipinski definition) is 2. The second-order valence-electron chi connectivity index (χ2n) is 3.40. The van der Waals surface area contributed by atoms with E-state index in [-0.39, 0.29) is 6.61 Å². The van der Waals surface area contributed by atoms with Crippen LogP contribution in [-0.2, 0) is 22.4 Å². The third-order valence-corrected chi connectivity index (χ3v) is 2.75. The van der Waals surface area contributed by atoms with E-state index in [4.69, 9.17) is 4.55 Å². The summed E-state index contributed by atoms with van der Waals surface area (Å²) in [6, 6.07) is 8.27. The second kappa shape index (κ2) is 6.53. The highest BCUT2D eigenvalue weighted by Gasteiger charge is 2.45. The molecular weight excluding hydrogens is 287 g/mol. The van der Waals surface area contributed by atoms with Crippen LogP contribution in [0.5, 0.6) is 0 Å². The minimum atomic E-state index is -5.04. The van der Waals surface area contributed by atoms with Crippen molar-refractivity contribution >= 4 is 17.2 Å². The van der Waals surface area contributed by atoms with Crippen LogP contribution < -0.4 is 5.32 Å². The highest BCUT2D eigenvalue weighted by Crippen LogP contribution is 2.22. The average Bonchev–Trinajstić information content (AvgIpc) is 2.33. The topological polar surface area (TPSA) is 75.6 Å². The number of halogens is 3. The molecule has 106 valence electrons. The van der Waals surface area contributed by atoms with Crippen LogP contribution >= 0.6 is 0 Å². The molecule has 9 heteroatoms. The molecule has 0 saturated heterocycles. The van der Waals surface area contributed by atoms with Gasteiger partial charge in [-0.2, -0.15) is 13.2 Å². The maximum absolute atomic E-state index is 12.3. The van der Waals surface area contributed by atoms with Gasteiger partial charge in [0.1, 0.15) is 6.61 Å². The predicted molar refractivity (Wildman–Crippen MR) is 60.4 cm³/mol. The summed E-state index contributed by atoms with van der Waals surface area (Å²) < 4.78 is 60.3. The SMILES string of the molecule is O=C(NC(S(=O)O)C(F)(F)F)OCc1ccccc1. The third-order valence-electron chi connectivity index (χ3n) is 1.96. The standard InChI is InChI=1S/C10H10F3NO4S/c11-10(12,13)8(19(16)17)14-9(15)18-6-7-4-2-1-3-5-7/h1-5,8H,6H2,(H,14,15)(H,16,17). The first-order valence-electron chi connectivity index (χ1n) is 4.94. The summed E-state index contributed by atoms with van der Waals surface area (Å²) in [5.41, 5.74) is 0.575. The van der Waals surface area contributed by atoms with E-state index in [9.17, 15) is 22.2 Å². The van der Waals surface area contributed by atoms with E-state index in [0.29, 0.717) is 5.56 Å². The molecule has 0 aliphatic heterocycles. The zero-order chi connectivity index (χ0) is 14.5. The minimum absolute atomic E-state index is 0.241. The van der Waals surface area contributed by atoms with Crippen molar-refractivity contribution in [1.29, 1.82) is 0 Å². The maximum Gasteiger partial charge on any atom is 0.423 e. The second-order valence-corrected chi connectivity index (χ2v) is 4.43. The van der Waals surface area contributed by atoms with Crippen molar-refractivity contribution in [3.8, 4) is 0 Å². The number of ether oxygens (including phenoxy) is 1. The third kappa shape index (κ3) is 5.26. The molecule has 0 fully saturated rings. The Morgan fingerprint density at radius 1 is 1.37 bits per heavy atom. The minimum Gasteiger partial charge on any atom is -0.445 e. The molecule has 1 aromatic carbocycles. The van der Waals surface area contributed by atoms with Gasteiger partial charge in [0.25, 0.3) is 0 Å². The number of carbonyl (C=O) groups is 1. The Kier molecular flexibility index (Phi) is 5.31. The lowest BCUT2D eigenvalue weighted by Gasteiger charge is -2.17. The molecule has 0 aliphatic rings. The lowest BCUT2D eigenvalue weighted by atomic mass is 10.2. The molecule has 1 rings (SSSR count). The molecule has 0 spiro atoms. The molecule has 0 radical (unpaired) electrons. The molecule has 2 unspecified atom stereocenters. The predicted octanol–water partition coefficient (Wildman–Crippen LogP) is 2.02. The van der Waals surface area contributed by atoms with E-state index >= 15 is 0 Å². The molecular formula is C10H10F3NO4S. The number of alkyl halides is 3. The van der Waals surface area contributed by atoms with Gasteiger partial charge >= 0.3 is 12.3 Å². The molecule has 0 saturated carbocycles. The van der Waals surface area contributed by atoms with E-state index in [0.717, 1.165) is 0 Å². The van der Waals surface area contributed by atoms with E-state index in [1.807, 2.05) is 0 Å². The molecule has 5 nitrogen and oxygen atoms in total. The van der Waals surface area contributed by atoms with E-state index in [2.05, 4.69) is 4.74 Å². The smallest absolute Gasteiger partial charge is 0.423 e. The normalized spacial score (nSPS) is 14.5. The van der Waals surface area contributed by atoms with Crippen molar-refractivity contribution < 1.29 is 31.5 Å². The zero-order valence-corrected chi connectivity index (χ0v) is 10.2. The summed E-state index contributed by atoms with van der Waals surface area (Å²) in [4.78, 5) is 11.1. The summed E-state index contributed by atoms with van der Waals surface area (Å²) in [5, 5.41) is -1.59. The van der Waals surface area contributed by atoms with Crippen molar-refractivity contribution in [2.45, 2.75) is 18.2 Å². The highest BCUT2D eigenvalue weighted by molar-refractivity contribution is 7.79. The Morgan fingerprint density at radius 2 is 1.95 bits per heavy atom. The molecule has 0 aromatic heterocycles. The van der Waals surface area contributed by atoms with Crippen molar-refractivity contribution in [2.75, 3.05) is 0 Å². The highest BCUT2D eigenvalue weighted by atomic mass is 32.2. The van der Waals surface area contributed by atoms with Crippen LogP contribution in [0, 0.1) is 0 Å². The summed E-state index contributed by atoms with van der Waals surface area (Å²) in [6.45, 7) is -0.241. The first-order valence-corrected chi connectivity index (χ1v) is 6.11. The Hall–Kier alpha value is -1.61. The lowest BCUT2D eigenvalue weighted by Crippen LogP contribution is -2.48. The van der Waals surface area contributed by atoms with Crippen LogP contribution in [0.3, 0.4) is 0 Å². The van der Waals surface area contributed by atoms with Gasteiger partial charge in [0, 0.05) is 0 Å². The Morgan fingerprint density at radius 3 is 2.42 bits per heavy atom. The number of carbonyl (C=O) groups excluding carboxylic acids is 1. The van der Waals surface area contributed by atoms with E-state index in [1.165, 1.54) is 5.32 Å². The van der Waals surface area contributed by atoms with E-state index < -0.39 is 28.7 Å². The molecule has 0 bridgehead atoms. The van der Waals surface area contributed by atoms with Crippen molar-refractivity contribution in [2.24, 2.45) is 0 Å². The van der Waals surface area contributed by atoms with Gasteiger partial charge in [0.15, 0.2) is 11.1 Å². The van der Waals surface area contributed by atoms with Crippen molar-refractivity contribution in [3.05, 3.63) is 35.9 Å². The Labute approximate surface area is 109 Å². The summed E-state index contributed by atoms with van der Waals surface area (Å²) in [6.07, 6.45) is -6.46. The van der Waals surface area contributed by atoms with Gasteiger partial charge in [-0.05, 0) is 5.56 Å². The number of rotatable bonds is 4. The summed E-state index contributed by atoms with van der Waals surface area (Å²) in [7, 11) is 0. The van der Waals surface area contributed by atoms with Crippen LogP contribution in [-0.4, -0.2) is 26.4 Å². The number of nitrogens with one attached hydrogen (secondary N) is 1. The number of benzene rings is 1.